The van der Waals surface area contributed by atoms with Crippen LogP contribution in [0.15, 0.2) is 64.5 Å². The molecule has 2 heterocycles. The average molecular weight is 422 g/mol. The Labute approximate surface area is 182 Å². The Balaban J connectivity index is 1.36. The number of carbonyl (C=O) groups is 1. The standard InChI is InChI=1S/C24H27N3O2S/c1-2-16-29-21-11-7-6-10-20(21)17-22-23(28)25-24(30-22)27-14-12-26(13-15-27)18-19-8-4-3-5-9-19/h3-11,17H,2,12-16,18H2,1H3/b22-17-. The zero-order valence-electron chi connectivity index (χ0n) is 17.3. The highest BCUT2D eigenvalue weighted by Gasteiger charge is 2.28. The lowest BCUT2D eigenvalue weighted by Gasteiger charge is -2.35. The van der Waals surface area contributed by atoms with Crippen molar-refractivity contribution in [3.05, 3.63) is 70.6 Å². The van der Waals surface area contributed by atoms with Crippen molar-refractivity contribution < 1.29 is 9.53 Å². The summed E-state index contributed by atoms with van der Waals surface area (Å²) < 4.78 is 5.82. The van der Waals surface area contributed by atoms with Crippen molar-refractivity contribution in [2.75, 3.05) is 32.8 Å². The lowest BCUT2D eigenvalue weighted by molar-refractivity contribution is -0.113. The largest absolute Gasteiger partial charge is 0.493 e. The number of amides is 1. The van der Waals surface area contributed by atoms with Crippen molar-refractivity contribution in [1.82, 2.24) is 9.80 Å². The van der Waals surface area contributed by atoms with Crippen LogP contribution >= 0.6 is 11.8 Å². The second-order valence-electron chi connectivity index (χ2n) is 7.45. The molecule has 0 radical (unpaired) electrons. The van der Waals surface area contributed by atoms with Crippen LogP contribution in [0.4, 0.5) is 0 Å². The SMILES string of the molecule is CCCOc1ccccc1/C=C1\SC(N2CCN(Cc3ccccc3)CC2)=NC1=O. The third-order valence-corrected chi connectivity index (χ3v) is 6.21. The van der Waals surface area contributed by atoms with Crippen LogP contribution < -0.4 is 4.74 Å². The lowest BCUT2D eigenvalue weighted by Crippen LogP contribution is -2.47. The van der Waals surface area contributed by atoms with Gasteiger partial charge in [-0.15, -0.1) is 0 Å². The Morgan fingerprint density at radius 2 is 1.77 bits per heavy atom. The number of aliphatic imine (C=N–C) groups is 1. The summed E-state index contributed by atoms with van der Waals surface area (Å²) in [6, 6.07) is 18.4. The van der Waals surface area contributed by atoms with Crippen molar-refractivity contribution in [2.24, 2.45) is 4.99 Å². The summed E-state index contributed by atoms with van der Waals surface area (Å²) in [4.78, 5) is 22.2. The maximum atomic E-state index is 12.5. The zero-order valence-corrected chi connectivity index (χ0v) is 18.1. The molecule has 2 aromatic rings. The summed E-state index contributed by atoms with van der Waals surface area (Å²) in [5, 5.41) is 0.817. The van der Waals surface area contributed by atoms with Crippen molar-refractivity contribution in [2.45, 2.75) is 19.9 Å². The third kappa shape index (κ3) is 5.12. The molecule has 1 amide bonds. The van der Waals surface area contributed by atoms with Crippen LogP contribution in [0.5, 0.6) is 5.75 Å². The van der Waals surface area contributed by atoms with Gasteiger partial charge in [0.1, 0.15) is 5.75 Å². The Hall–Kier alpha value is -2.57. The predicted molar refractivity (Wildman–Crippen MR) is 124 cm³/mol. The molecule has 6 heteroatoms. The molecule has 0 atom stereocenters. The van der Waals surface area contributed by atoms with Crippen LogP contribution in [0.3, 0.4) is 0 Å². The molecule has 4 rings (SSSR count). The molecule has 0 spiro atoms. The van der Waals surface area contributed by atoms with Gasteiger partial charge in [0.05, 0.1) is 11.5 Å². The minimum atomic E-state index is -0.160. The maximum absolute atomic E-state index is 12.5. The van der Waals surface area contributed by atoms with Gasteiger partial charge < -0.3 is 9.64 Å². The molecule has 0 aliphatic carbocycles. The van der Waals surface area contributed by atoms with Crippen LogP contribution in [-0.2, 0) is 11.3 Å². The minimum Gasteiger partial charge on any atom is -0.493 e. The van der Waals surface area contributed by atoms with E-state index in [1.165, 1.54) is 17.3 Å². The predicted octanol–water partition coefficient (Wildman–Crippen LogP) is 4.26. The number of hydrogen-bond acceptors (Lipinski definition) is 5. The van der Waals surface area contributed by atoms with Crippen LogP contribution in [0, 0.1) is 0 Å². The van der Waals surface area contributed by atoms with E-state index in [0.717, 1.165) is 55.6 Å². The zero-order chi connectivity index (χ0) is 20.8. The van der Waals surface area contributed by atoms with Gasteiger partial charge in [0.2, 0.25) is 0 Å². The van der Waals surface area contributed by atoms with E-state index in [2.05, 4.69) is 46.0 Å². The fraction of sp³-hybridized carbons (Fsp3) is 0.333. The summed E-state index contributed by atoms with van der Waals surface area (Å²) in [5.41, 5.74) is 2.26. The van der Waals surface area contributed by atoms with Gasteiger partial charge in [0.25, 0.3) is 5.91 Å². The first-order chi connectivity index (χ1) is 14.7. The van der Waals surface area contributed by atoms with E-state index < -0.39 is 0 Å². The average Bonchev–Trinajstić information content (AvgIpc) is 3.14. The van der Waals surface area contributed by atoms with Crippen LogP contribution in [0.2, 0.25) is 0 Å². The quantitative estimate of drug-likeness (QED) is 0.652. The summed E-state index contributed by atoms with van der Waals surface area (Å²) in [6.45, 7) is 7.41. The molecule has 2 aliphatic heterocycles. The number of amidine groups is 1. The van der Waals surface area contributed by atoms with Gasteiger partial charge in [-0.2, -0.15) is 4.99 Å². The Morgan fingerprint density at radius 3 is 2.53 bits per heavy atom. The number of hydrogen-bond donors (Lipinski definition) is 0. The number of carbonyl (C=O) groups excluding carboxylic acids is 1. The molecule has 1 saturated heterocycles. The molecule has 0 N–H and O–H groups in total. The van der Waals surface area contributed by atoms with Crippen LogP contribution in [0.25, 0.3) is 6.08 Å². The molecular formula is C24H27N3O2S. The smallest absolute Gasteiger partial charge is 0.286 e. The first kappa shape index (κ1) is 20.7. The fourth-order valence-electron chi connectivity index (χ4n) is 3.56. The normalized spacial score (nSPS) is 18.7. The van der Waals surface area contributed by atoms with Crippen molar-refractivity contribution in [3.63, 3.8) is 0 Å². The van der Waals surface area contributed by atoms with E-state index >= 15 is 0 Å². The van der Waals surface area contributed by atoms with Gasteiger partial charge in [-0.1, -0.05) is 55.5 Å². The van der Waals surface area contributed by atoms with Gasteiger partial charge in [0.15, 0.2) is 5.17 Å². The first-order valence-electron chi connectivity index (χ1n) is 10.5. The molecule has 30 heavy (non-hydrogen) atoms. The number of piperazine rings is 1. The summed E-state index contributed by atoms with van der Waals surface area (Å²) >= 11 is 1.47. The molecule has 1 fully saturated rings. The second kappa shape index (κ2) is 9.96. The molecular weight excluding hydrogens is 394 g/mol. The number of thioether (sulfide) groups is 1. The number of benzene rings is 2. The maximum Gasteiger partial charge on any atom is 0.286 e. The van der Waals surface area contributed by atoms with Crippen LogP contribution in [-0.4, -0.2) is 53.7 Å². The molecule has 0 bridgehead atoms. The van der Waals surface area contributed by atoms with Gasteiger partial charge in [-0.3, -0.25) is 9.69 Å². The summed E-state index contributed by atoms with van der Waals surface area (Å²) in [7, 11) is 0. The number of nitrogens with zero attached hydrogens (tertiary/aromatic N) is 3. The molecule has 0 saturated carbocycles. The molecule has 2 aromatic carbocycles. The molecule has 0 aromatic heterocycles. The minimum absolute atomic E-state index is 0.160. The highest BCUT2D eigenvalue weighted by Crippen LogP contribution is 2.32. The third-order valence-electron chi connectivity index (χ3n) is 5.17. The molecule has 2 aliphatic rings. The van der Waals surface area contributed by atoms with E-state index in [4.69, 9.17) is 4.74 Å². The Kier molecular flexibility index (Phi) is 6.87. The van der Waals surface area contributed by atoms with E-state index in [0.29, 0.717) is 11.5 Å². The Bertz CT molecular complexity index is 934. The number of rotatable bonds is 6. The van der Waals surface area contributed by atoms with E-state index in [1.807, 2.05) is 36.4 Å². The van der Waals surface area contributed by atoms with Crippen LogP contribution in [0.1, 0.15) is 24.5 Å². The molecule has 0 unspecified atom stereocenters. The Morgan fingerprint density at radius 1 is 1.03 bits per heavy atom. The molecule has 156 valence electrons. The first-order valence-corrected chi connectivity index (χ1v) is 11.3. The van der Waals surface area contributed by atoms with Gasteiger partial charge in [-0.05, 0) is 35.9 Å². The van der Waals surface area contributed by atoms with Crippen molar-refractivity contribution >= 4 is 28.9 Å². The molecule has 5 nitrogen and oxygen atoms in total. The van der Waals surface area contributed by atoms with E-state index in [9.17, 15) is 4.79 Å². The monoisotopic (exact) mass is 421 g/mol. The number of para-hydroxylation sites is 1. The highest BCUT2D eigenvalue weighted by molar-refractivity contribution is 8.18. The summed E-state index contributed by atoms with van der Waals surface area (Å²) in [5.74, 6) is 0.648. The summed E-state index contributed by atoms with van der Waals surface area (Å²) in [6.07, 6.45) is 2.85. The number of ether oxygens (including phenoxy) is 1. The van der Waals surface area contributed by atoms with Gasteiger partial charge >= 0.3 is 0 Å². The highest BCUT2D eigenvalue weighted by atomic mass is 32.2. The van der Waals surface area contributed by atoms with Crippen molar-refractivity contribution in [1.29, 1.82) is 0 Å². The van der Waals surface area contributed by atoms with E-state index in [1.54, 1.807) is 0 Å². The fourth-order valence-corrected chi connectivity index (χ4v) is 4.51. The van der Waals surface area contributed by atoms with E-state index in [-0.39, 0.29) is 5.91 Å². The topological polar surface area (TPSA) is 45.1 Å². The lowest BCUT2D eigenvalue weighted by atomic mass is 10.2. The second-order valence-corrected chi connectivity index (χ2v) is 8.45. The van der Waals surface area contributed by atoms with Gasteiger partial charge in [-0.25, -0.2) is 0 Å². The van der Waals surface area contributed by atoms with Gasteiger partial charge in [0, 0.05) is 38.3 Å². The van der Waals surface area contributed by atoms with Crippen molar-refractivity contribution in [3.8, 4) is 5.75 Å².